The maximum Gasteiger partial charge on any atom is 0.333 e. The van der Waals surface area contributed by atoms with Crippen molar-refractivity contribution in [2.45, 2.75) is 31.4 Å². The molecule has 28 heavy (non-hydrogen) atoms. The molecule has 1 aliphatic rings. The average Bonchev–Trinajstić information content (AvgIpc) is 3.16. The summed E-state index contributed by atoms with van der Waals surface area (Å²) in [6.45, 7) is -0.430. The third-order valence-electron chi connectivity index (χ3n) is 4.74. The Balaban J connectivity index is 1.92. The van der Waals surface area contributed by atoms with E-state index in [1.54, 1.807) is 6.07 Å². The summed E-state index contributed by atoms with van der Waals surface area (Å²) in [4.78, 5) is 29.8. The van der Waals surface area contributed by atoms with Crippen LogP contribution in [0.2, 0.25) is 0 Å². The lowest BCUT2D eigenvalue weighted by molar-refractivity contribution is -0.0505. The SMILES string of the molecule is Nn1cnc2c(c1=O)n(Cc1cccc(F)c1)c(=O)n2[C@@H]1O[C@H](CO)C[C@H]1O. The molecule has 3 aromatic rings. The molecular formula is C17H18FN5O5. The molecule has 0 radical (unpaired) electrons. The zero-order chi connectivity index (χ0) is 20.0. The molecule has 11 heteroatoms. The van der Waals surface area contributed by atoms with Gasteiger partial charge in [-0.3, -0.25) is 9.36 Å². The Kier molecular flexibility index (Phi) is 4.49. The standard InChI is InChI=1S/C17H18FN5O5/c18-10-3-1-2-9(4-10)6-21-13-14(20-8-22(19)15(13)26)23(17(21)27)16-12(25)5-11(7-24)28-16/h1-4,8,11-12,16,24-25H,5-7,19H2/t11-,12+,16+/m0/s1. The minimum atomic E-state index is -1.12. The van der Waals surface area contributed by atoms with Crippen molar-refractivity contribution in [3.8, 4) is 0 Å². The van der Waals surface area contributed by atoms with Gasteiger partial charge in [-0.25, -0.2) is 23.4 Å². The van der Waals surface area contributed by atoms with Crippen LogP contribution in [0.1, 0.15) is 18.2 Å². The van der Waals surface area contributed by atoms with Crippen LogP contribution in [0.4, 0.5) is 4.39 Å². The van der Waals surface area contributed by atoms with Crippen LogP contribution in [0, 0.1) is 5.82 Å². The number of aromatic nitrogens is 4. The Morgan fingerprint density at radius 1 is 1.36 bits per heavy atom. The fourth-order valence-electron chi connectivity index (χ4n) is 3.45. The van der Waals surface area contributed by atoms with Gasteiger partial charge in [-0.05, 0) is 17.7 Å². The summed E-state index contributed by atoms with van der Waals surface area (Å²) in [6.07, 6.45) is -1.68. The molecule has 4 rings (SSSR count). The lowest BCUT2D eigenvalue weighted by Gasteiger charge is -2.15. The van der Waals surface area contributed by atoms with E-state index in [4.69, 9.17) is 10.6 Å². The van der Waals surface area contributed by atoms with Gasteiger partial charge in [-0.15, -0.1) is 0 Å². The zero-order valence-corrected chi connectivity index (χ0v) is 14.6. The maximum atomic E-state index is 13.5. The number of halogens is 1. The van der Waals surface area contributed by atoms with E-state index in [1.807, 2.05) is 0 Å². The van der Waals surface area contributed by atoms with E-state index in [9.17, 15) is 24.2 Å². The summed E-state index contributed by atoms with van der Waals surface area (Å²) < 4.78 is 22.0. The molecule has 10 nitrogen and oxygen atoms in total. The van der Waals surface area contributed by atoms with Crippen molar-refractivity contribution in [2.24, 2.45) is 0 Å². The van der Waals surface area contributed by atoms with Crippen molar-refractivity contribution in [2.75, 3.05) is 12.4 Å². The summed E-state index contributed by atoms with van der Waals surface area (Å²) >= 11 is 0. The molecule has 0 saturated carbocycles. The van der Waals surface area contributed by atoms with Gasteiger partial charge in [0.05, 0.1) is 19.3 Å². The highest BCUT2D eigenvalue weighted by Crippen LogP contribution is 2.29. The van der Waals surface area contributed by atoms with E-state index < -0.39 is 35.5 Å². The second-order valence-electron chi connectivity index (χ2n) is 6.63. The number of rotatable bonds is 4. The molecule has 0 spiro atoms. The number of nitrogen functional groups attached to an aromatic ring is 1. The largest absolute Gasteiger partial charge is 0.394 e. The number of nitrogens with zero attached hydrogens (tertiary/aromatic N) is 4. The van der Waals surface area contributed by atoms with Gasteiger partial charge in [0.1, 0.15) is 18.2 Å². The Bertz CT molecular complexity index is 1150. The Hall–Kier alpha value is -3.02. The molecule has 3 atom stereocenters. The van der Waals surface area contributed by atoms with Gasteiger partial charge in [-0.1, -0.05) is 12.1 Å². The quantitative estimate of drug-likeness (QED) is 0.480. The molecule has 1 aliphatic heterocycles. The highest BCUT2D eigenvalue weighted by Gasteiger charge is 2.38. The van der Waals surface area contributed by atoms with Crippen LogP contribution in [-0.2, 0) is 11.3 Å². The van der Waals surface area contributed by atoms with Gasteiger partial charge < -0.3 is 20.8 Å². The molecule has 4 N–H and O–H groups in total. The number of fused-ring (bicyclic) bond motifs is 1. The normalized spacial score (nSPS) is 22.2. The van der Waals surface area contributed by atoms with E-state index in [0.29, 0.717) is 5.56 Å². The minimum Gasteiger partial charge on any atom is -0.394 e. The lowest BCUT2D eigenvalue weighted by atomic mass is 10.2. The van der Waals surface area contributed by atoms with E-state index in [2.05, 4.69) is 4.98 Å². The van der Waals surface area contributed by atoms with Crippen LogP contribution in [0.15, 0.2) is 40.2 Å². The minimum absolute atomic E-state index is 0.0178. The molecule has 2 aromatic heterocycles. The number of hydrogen-bond acceptors (Lipinski definition) is 7. The number of imidazole rings is 1. The predicted molar refractivity (Wildman–Crippen MR) is 95.5 cm³/mol. The number of benzene rings is 1. The monoisotopic (exact) mass is 391 g/mol. The highest BCUT2D eigenvalue weighted by molar-refractivity contribution is 5.70. The number of hydrogen-bond donors (Lipinski definition) is 3. The third-order valence-corrected chi connectivity index (χ3v) is 4.74. The fraction of sp³-hybridized carbons (Fsp3) is 0.353. The first kappa shape index (κ1) is 18.3. The van der Waals surface area contributed by atoms with Crippen molar-refractivity contribution in [1.29, 1.82) is 0 Å². The molecular weight excluding hydrogens is 373 g/mol. The number of aliphatic hydroxyl groups is 2. The van der Waals surface area contributed by atoms with Crippen LogP contribution in [0.25, 0.3) is 11.2 Å². The average molecular weight is 391 g/mol. The predicted octanol–water partition coefficient (Wildman–Crippen LogP) is -1.10. The fourth-order valence-corrected chi connectivity index (χ4v) is 3.45. The van der Waals surface area contributed by atoms with Crippen molar-refractivity contribution in [1.82, 2.24) is 18.8 Å². The van der Waals surface area contributed by atoms with E-state index in [0.717, 1.165) is 20.1 Å². The van der Waals surface area contributed by atoms with Crippen molar-refractivity contribution < 1.29 is 19.3 Å². The van der Waals surface area contributed by atoms with Crippen LogP contribution < -0.4 is 17.1 Å². The molecule has 0 unspecified atom stereocenters. The highest BCUT2D eigenvalue weighted by atomic mass is 19.1. The smallest absolute Gasteiger partial charge is 0.333 e. The zero-order valence-electron chi connectivity index (χ0n) is 14.6. The maximum absolute atomic E-state index is 13.5. The topological polar surface area (TPSA) is 138 Å². The van der Waals surface area contributed by atoms with Crippen LogP contribution in [0.5, 0.6) is 0 Å². The van der Waals surface area contributed by atoms with Gasteiger partial charge in [-0.2, -0.15) is 0 Å². The summed E-state index contributed by atoms with van der Waals surface area (Å²) in [6, 6.07) is 5.61. The number of ether oxygens (including phenoxy) is 1. The van der Waals surface area contributed by atoms with E-state index >= 15 is 0 Å². The second kappa shape index (κ2) is 6.86. The molecule has 1 aromatic carbocycles. The molecule has 1 fully saturated rings. The number of nitrogens with two attached hydrogens (primary N) is 1. The summed E-state index contributed by atoms with van der Waals surface area (Å²) in [5.74, 6) is 5.12. The second-order valence-corrected chi connectivity index (χ2v) is 6.63. The number of aliphatic hydroxyl groups excluding tert-OH is 2. The van der Waals surface area contributed by atoms with Crippen molar-refractivity contribution in [3.05, 3.63) is 62.8 Å². The van der Waals surface area contributed by atoms with Crippen molar-refractivity contribution >= 4 is 11.2 Å². The van der Waals surface area contributed by atoms with Gasteiger partial charge in [0.25, 0.3) is 5.56 Å². The third kappa shape index (κ3) is 2.89. The summed E-state index contributed by atoms with van der Waals surface area (Å²) in [5.41, 5.74) is -1.01. The summed E-state index contributed by atoms with van der Waals surface area (Å²) in [7, 11) is 0. The van der Waals surface area contributed by atoms with Crippen molar-refractivity contribution in [3.63, 3.8) is 0 Å². The first-order chi connectivity index (χ1) is 13.4. The molecule has 0 bridgehead atoms. The Morgan fingerprint density at radius 3 is 2.82 bits per heavy atom. The van der Waals surface area contributed by atoms with E-state index in [1.165, 1.54) is 18.2 Å². The summed E-state index contributed by atoms with van der Waals surface area (Å²) in [5, 5.41) is 19.6. The molecule has 1 saturated heterocycles. The molecule has 0 amide bonds. The van der Waals surface area contributed by atoms with Gasteiger partial charge in [0.2, 0.25) is 0 Å². The molecule has 148 valence electrons. The molecule has 3 heterocycles. The first-order valence-electron chi connectivity index (χ1n) is 8.57. The Morgan fingerprint density at radius 2 is 2.14 bits per heavy atom. The van der Waals surface area contributed by atoms with Gasteiger partial charge in [0, 0.05) is 6.42 Å². The first-order valence-corrected chi connectivity index (χ1v) is 8.57. The van der Waals surface area contributed by atoms with Crippen LogP contribution >= 0.6 is 0 Å². The van der Waals surface area contributed by atoms with Crippen LogP contribution in [-0.4, -0.2) is 47.8 Å². The lowest BCUT2D eigenvalue weighted by Crippen LogP contribution is -2.32. The van der Waals surface area contributed by atoms with Gasteiger partial charge >= 0.3 is 5.69 Å². The molecule has 0 aliphatic carbocycles. The van der Waals surface area contributed by atoms with Gasteiger partial charge in [0.15, 0.2) is 17.4 Å². The Labute approximate surface area is 156 Å². The van der Waals surface area contributed by atoms with Crippen LogP contribution in [0.3, 0.4) is 0 Å². The van der Waals surface area contributed by atoms with E-state index in [-0.39, 0.29) is 30.7 Å².